The number of nitrogens with zero attached hydrogens (tertiary/aromatic N) is 1. The fourth-order valence-electron chi connectivity index (χ4n) is 1.13. The predicted octanol–water partition coefficient (Wildman–Crippen LogP) is 3.10. The van der Waals surface area contributed by atoms with Gasteiger partial charge in [-0.15, -0.1) is 11.8 Å². The molecule has 0 saturated carbocycles. The van der Waals surface area contributed by atoms with Gasteiger partial charge in [-0.25, -0.2) is 0 Å². The summed E-state index contributed by atoms with van der Waals surface area (Å²) in [5.41, 5.74) is 0. The van der Waals surface area contributed by atoms with Crippen LogP contribution in [-0.4, -0.2) is 18.1 Å². The first-order valence-electron chi connectivity index (χ1n) is 5.06. The van der Waals surface area contributed by atoms with Gasteiger partial charge in [0.15, 0.2) is 0 Å². The van der Waals surface area contributed by atoms with Gasteiger partial charge in [-0.05, 0) is 30.7 Å². The first-order valence-corrected chi connectivity index (χ1v) is 6.21. The number of ether oxygens (including phenoxy) is 1. The summed E-state index contributed by atoms with van der Waals surface area (Å²) in [5.74, 6) is 2.58. The minimum atomic E-state index is 0.597. The summed E-state index contributed by atoms with van der Waals surface area (Å²) >= 11 is 1.68. The number of hydrogen-bond acceptors (Lipinski definition) is 3. The van der Waals surface area contributed by atoms with E-state index in [1.54, 1.807) is 11.8 Å². The molecule has 80 valence electrons. The van der Waals surface area contributed by atoms with Crippen molar-refractivity contribution in [3.8, 4) is 11.8 Å². The highest BCUT2D eigenvalue weighted by Gasteiger charge is 1.92. The molecule has 0 saturated heterocycles. The van der Waals surface area contributed by atoms with Gasteiger partial charge in [0.2, 0.25) is 0 Å². The maximum Gasteiger partial charge on any atom is 0.119 e. The molecule has 0 aromatic heterocycles. The molecular weight excluding hydrogens is 206 g/mol. The van der Waals surface area contributed by atoms with Gasteiger partial charge in [-0.1, -0.05) is 18.2 Å². The van der Waals surface area contributed by atoms with E-state index >= 15 is 0 Å². The summed E-state index contributed by atoms with van der Waals surface area (Å²) < 4.78 is 5.54. The topological polar surface area (TPSA) is 33.0 Å². The zero-order valence-corrected chi connectivity index (χ0v) is 9.50. The summed E-state index contributed by atoms with van der Waals surface area (Å²) in [6.45, 7) is 0.761. The van der Waals surface area contributed by atoms with Crippen LogP contribution in [0, 0.1) is 11.3 Å². The van der Waals surface area contributed by atoms with Crippen molar-refractivity contribution in [2.24, 2.45) is 0 Å². The van der Waals surface area contributed by atoms with Crippen molar-refractivity contribution in [2.75, 3.05) is 18.1 Å². The van der Waals surface area contributed by atoms with Crippen LogP contribution in [0.2, 0.25) is 0 Å². The van der Waals surface area contributed by atoms with E-state index in [0.717, 1.165) is 31.0 Å². The second-order valence-electron chi connectivity index (χ2n) is 3.08. The summed E-state index contributed by atoms with van der Waals surface area (Å²) in [6, 6.07) is 12.0. The van der Waals surface area contributed by atoms with Gasteiger partial charge >= 0.3 is 0 Å². The second-order valence-corrected chi connectivity index (χ2v) is 4.18. The summed E-state index contributed by atoms with van der Waals surface area (Å²) in [5, 5.41) is 8.32. The van der Waals surface area contributed by atoms with Gasteiger partial charge in [0.25, 0.3) is 0 Å². The van der Waals surface area contributed by atoms with Crippen LogP contribution in [0.3, 0.4) is 0 Å². The number of benzene rings is 1. The van der Waals surface area contributed by atoms with E-state index in [-0.39, 0.29) is 0 Å². The second kappa shape index (κ2) is 8.19. The lowest BCUT2D eigenvalue weighted by Gasteiger charge is -2.04. The number of nitriles is 1. The number of rotatable bonds is 7. The molecule has 1 aromatic carbocycles. The van der Waals surface area contributed by atoms with Crippen molar-refractivity contribution in [1.29, 1.82) is 5.26 Å². The van der Waals surface area contributed by atoms with Crippen molar-refractivity contribution in [3.05, 3.63) is 30.3 Å². The van der Waals surface area contributed by atoms with Crippen molar-refractivity contribution in [3.63, 3.8) is 0 Å². The van der Waals surface area contributed by atoms with Crippen LogP contribution in [0.25, 0.3) is 0 Å². The molecule has 0 aliphatic rings. The zero-order chi connectivity index (χ0) is 10.8. The minimum Gasteiger partial charge on any atom is -0.494 e. The number of unbranched alkanes of at least 4 members (excludes halogenated alkanes) is 1. The minimum absolute atomic E-state index is 0.597. The van der Waals surface area contributed by atoms with Gasteiger partial charge in [-0.3, -0.25) is 0 Å². The van der Waals surface area contributed by atoms with E-state index in [4.69, 9.17) is 10.00 Å². The molecule has 0 unspecified atom stereocenters. The molecule has 1 rings (SSSR count). The quantitative estimate of drug-likeness (QED) is 0.663. The summed E-state index contributed by atoms with van der Waals surface area (Å²) in [6.07, 6.45) is 2.16. The molecule has 0 heterocycles. The first-order chi connectivity index (χ1) is 7.43. The molecule has 2 nitrogen and oxygen atoms in total. The highest BCUT2D eigenvalue weighted by Crippen LogP contribution is 2.09. The molecule has 0 aliphatic carbocycles. The Balaban J connectivity index is 1.96. The molecule has 0 N–H and O–H groups in total. The molecule has 0 atom stereocenters. The van der Waals surface area contributed by atoms with Crippen LogP contribution in [0.1, 0.15) is 12.8 Å². The summed E-state index contributed by atoms with van der Waals surface area (Å²) in [4.78, 5) is 0. The smallest absolute Gasteiger partial charge is 0.119 e. The van der Waals surface area contributed by atoms with Crippen molar-refractivity contribution in [1.82, 2.24) is 0 Å². The average molecular weight is 221 g/mol. The predicted molar refractivity (Wildman–Crippen MR) is 64.1 cm³/mol. The van der Waals surface area contributed by atoms with Crippen LogP contribution in [0.15, 0.2) is 30.3 Å². The van der Waals surface area contributed by atoms with E-state index in [1.807, 2.05) is 30.3 Å². The largest absolute Gasteiger partial charge is 0.494 e. The lowest BCUT2D eigenvalue weighted by molar-refractivity contribution is 0.310. The Hall–Kier alpha value is -1.14. The number of thioether (sulfide) groups is 1. The highest BCUT2D eigenvalue weighted by atomic mass is 32.2. The Bertz CT molecular complexity index is 294. The van der Waals surface area contributed by atoms with Gasteiger partial charge in [0.05, 0.1) is 18.4 Å². The molecule has 3 heteroatoms. The maximum absolute atomic E-state index is 8.32. The molecular formula is C12H15NOS. The first kappa shape index (κ1) is 11.9. The third kappa shape index (κ3) is 6.03. The maximum atomic E-state index is 8.32. The van der Waals surface area contributed by atoms with E-state index in [9.17, 15) is 0 Å². The van der Waals surface area contributed by atoms with E-state index in [0.29, 0.717) is 5.75 Å². The molecule has 0 amide bonds. The Morgan fingerprint density at radius 3 is 2.73 bits per heavy atom. The molecule has 0 radical (unpaired) electrons. The monoisotopic (exact) mass is 221 g/mol. The Morgan fingerprint density at radius 1 is 1.20 bits per heavy atom. The third-order valence-corrected chi connectivity index (χ3v) is 2.77. The fourth-order valence-corrected chi connectivity index (χ4v) is 1.77. The van der Waals surface area contributed by atoms with Gasteiger partial charge < -0.3 is 4.74 Å². The van der Waals surface area contributed by atoms with Crippen LogP contribution in [-0.2, 0) is 0 Å². The van der Waals surface area contributed by atoms with Gasteiger partial charge in [-0.2, -0.15) is 5.26 Å². The SMILES string of the molecule is N#CCSCCCCOc1ccccc1. The Kier molecular flexibility index (Phi) is 6.52. The van der Waals surface area contributed by atoms with Crippen LogP contribution in [0.4, 0.5) is 0 Å². The van der Waals surface area contributed by atoms with Crippen LogP contribution < -0.4 is 4.74 Å². The molecule has 1 aromatic rings. The van der Waals surface area contributed by atoms with Crippen molar-refractivity contribution in [2.45, 2.75) is 12.8 Å². The Morgan fingerprint density at radius 2 is 2.00 bits per heavy atom. The van der Waals surface area contributed by atoms with Gasteiger partial charge in [0, 0.05) is 0 Å². The summed E-state index contributed by atoms with van der Waals surface area (Å²) in [7, 11) is 0. The number of hydrogen-bond donors (Lipinski definition) is 0. The van der Waals surface area contributed by atoms with Crippen molar-refractivity contribution < 1.29 is 4.74 Å². The fraction of sp³-hybridized carbons (Fsp3) is 0.417. The van der Waals surface area contributed by atoms with Gasteiger partial charge in [0.1, 0.15) is 5.75 Å². The standard InChI is InChI=1S/C12H15NOS/c13-8-11-15-10-5-4-9-14-12-6-2-1-3-7-12/h1-3,6-7H,4-5,9-11H2. The molecule has 0 bridgehead atoms. The Labute approximate surface area is 95.3 Å². The van der Waals surface area contributed by atoms with Crippen LogP contribution in [0.5, 0.6) is 5.75 Å². The molecule has 0 aliphatic heterocycles. The van der Waals surface area contributed by atoms with E-state index < -0.39 is 0 Å². The van der Waals surface area contributed by atoms with Crippen molar-refractivity contribution >= 4 is 11.8 Å². The average Bonchev–Trinajstić information content (AvgIpc) is 2.29. The normalized spacial score (nSPS) is 9.53. The number of para-hydroxylation sites is 1. The zero-order valence-electron chi connectivity index (χ0n) is 8.69. The molecule has 0 spiro atoms. The third-order valence-electron chi connectivity index (χ3n) is 1.86. The van der Waals surface area contributed by atoms with E-state index in [2.05, 4.69) is 6.07 Å². The molecule has 0 fully saturated rings. The highest BCUT2D eigenvalue weighted by molar-refractivity contribution is 7.99. The molecule has 15 heavy (non-hydrogen) atoms. The van der Waals surface area contributed by atoms with Crippen LogP contribution >= 0.6 is 11.8 Å². The lowest BCUT2D eigenvalue weighted by atomic mass is 10.3. The van der Waals surface area contributed by atoms with E-state index in [1.165, 1.54) is 0 Å². The lowest BCUT2D eigenvalue weighted by Crippen LogP contribution is -1.97.